The molecule has 0 spiro atoms. The molecular weight excluding hydrogens is 302 g/mol. The lowest BCUT2D eigenvalue weighted by Crippen LogP contribution is -2.18. The number of fused-ring (bicyclic) bond motifs is 1. The Morgan fingerprint density at radius 3 is 3.05 bits per heavy atom. The van der Waals surface area contributed by atoms with Crippen molar-refractivity contribution in [1.29, 1.82) is 0 Å². The van der Waals surface area contributed by atoms with Crippen molar-refractivity contribution < 1.29 is 4.74 Å². The van der Waals surface area contributed by atoms with Crippen LogP contribution in [0.25, 0.3) is 11.2 Å². The Balaban J connectivity index is 1.94. The molecule has 1 aliphatic heterocycles. The number of halogens is 1. The van der Waals surface area contributed by atoms with Crippen LogP contribution in [-0.2, 0) is 4.74 Å². The minimum atomic E-state index is -0.0909. The zero-order valence-electron chi connectivity index (χ0n) is 12.8. The monoisotopic (exact) mass is 321 g/mol. The van der Waals surface area contributed by atoms with E-state index in [1.807, 2.05) is 4.57 Å². The highest BCUT2D eigenvalue weighted by Gasteiger charge is 2.23. The summed E-state index contributed by atoms with van der Waals surface area (Å²) in [6.45, 7) is 5.56. The molecule has 3 heterocycles. The van der Waals surface area contributed by atoms with Crippen molar-refractivity contribution in [2.75, 3.05) is 18.5 Å². The van der Waals surface area contributed by atoms with Crippen LogP contribution < -0.4 is 5.32 Å². The number of hydrogen-bond donors (Lipinski definition) is 1. The van der Waals surface area contributed by atoms with Gasteiger partial charge in [0, 0.05) is 13.2 Å². The van der Waals surface area contributed by atoms with Gasteiger partial charge in [-0.25, -0.2) is 15.0 Å². The minimum Gasteiger partial charge on any atom is -0.365 e. The normalized spacial score (nSPS) is 18.4. The van der Waals surface area contributed by atoms with Gasteiger partial charge >= 0.3 is 0 Å². The second kappa shape index (κ2) is 6.62. The van der Waals surface area contributed by atoms with Crippen LogP contribution in [0.2, 0.25) is 5.28 Å². The topological polar surface area (TPSA) is 64.9 Å². The fourth-order valence-corrected chi connectivity index (χ4v) is 2.82. The number of imidazole rings is 1. The molecule has 118 valence electrons. The maximum Gasteiger partial charge on any atom is 0.207 e. The Hall–Kier alpha value is -1.66. The quantitative estimate of drug-likeness (QED) is 0.689. The molecule has 0 aromatic carbocycles. The lowest BCUT2D eigenvalue weighted by Gasteiger charge is -2.24. The number of anilines is 1. The number of ether oxygens (including phenoxy) is 1. The summed E-state index contributed by atoms with van der Waals surface area (Å²) in [6, 6.07) is 0. The van der Waals surface area contributed by atoms with Crippen molar-refractivity contribution in [2.45, 2.75) is 39.3 Å². The van der Waals surface area contributed by atoms with Gasteiger partial charge in [0.25, 0.3) is 0 Å². The van der Waals surface area contributed by atoms with Gasteiger partial charge in [-0.15, -0.1) is 0 Å². The van der Waals surface area contributed by atoms with Gasteiger partial charge in [0.1, 0.15) is 12.6 Å². The van der Waals surface area contributed by atoms with E-state index in [2.05, 4.69) is 40.2 Å². The Morgan fingerprint density at radius 1 is 1.45 bits per heavy atom. The first-order valence-electron chi connectivity index (χ1n) is 7.54. The van der Waals surface area contributed by atoms with E-state index in [1.54, 1.807) is 0 Å². The van der Waals surface area contributed by atoms with Crippen LogP contribution >= 0.6 is 11.6 Å². The van der Waals surface area contributed by atoms with Crippen molar-refractivity contribution >= 4 is 28.6 Å². The average Bonchev–Trinajstić information content (AvgIpc) is 2.84. The maximum absolute atomic E-state index is 6.32. The Kier molecular flexibility index (Phi) is 4.59. The van der Waals surface area contributed by atoms with Crippen molar-refractivity contribution in [3.63, 3.8) is 0 Å². The first kappa shape index (κ1) is 15.2. The molecule has 22 heavy (non-hydrogen) atoms. The summed E-state index contributed by atoms with van der Waals surface area (Å²) in [5, 5.41) is 3.66. The summed E-state index contributed by atoms with van der Waals surface area (Å²) >= 11 is 6.32. The van der Waals surface area contributed by atoms with Crippen molar-refractivity contribution in [3.8, 4) is 0 Å². The Bertz CT molecular complexity index is 687. The summed E-state index contributed by atoms with van der Waals surface area (Å²) in [7, 11) is 0. The van der Waals surface area contributed by atoms with Gasteiger partial charge in [-0.2, -0.15) is 0 Å². The molecule has 2 aromatic rings. The second-order valence-corrected chi connectivity index (χ2v) is 5.97. The predicted octanol–water partition coefficient (Wildman–Crippen LogP) is 3.56. The molecule has 1 N–H and O–H groups in total. The summed E-state index contributed by atoms with van der Waals surface area (Å²) in [5.41, 5.74) is 2.65. The van der Waals surface area contributed by atoms with Gasteiger partial charge < -0.3 is 10.1 Å². The summed E-state index contributed by atoms with van der Waals surface area (Å²) in [6.07, 6.45) is 6.67. The van der Waals surface area contributed by atoms with E-state index in [0.29, 0.717) is 28.8 Å². The van der Waals surface area contributed by atoms with E-state index in [0.717, 1.165) is 25.9 Å². The average molecular weight is 322 g/mol. The van der Waals surface area contributed by atoms with Gasteiger partial charge in [-0.3, -0.25) is 4.57 Å². The molecule has 1 unspecified atom stereocenters. The van der Waals surface area contributed by atoms with Crippen molar-refractivity contribution in [2.24, 2.45) is 0 Å². The number of aromatic nitrogens is 4. The molecule has 0 aliphatic carbocycles. The SMILES string of the molecule is CC(C)=CCNc1ncnc2c1nc(Cl)n2C1CCCCO1. The summed E-state index contributed by atoms with van der Waals surface area (Å²) in [4.78, 5) is 13.1. The molecule has 1 saturated heterocycles. The zero-order valence-corrected chi connectivity index (χ0v) is 13.6. The third-order valence-electron chi connectivity index (χ3n) is 3.66. The van der Waals surface area contributed by atoms with Crippen molar-refractivity contribution in [1.82, 2.24) is 19.5 Å². The number of allylic oxidation sites excluding steroid dienone is 1. The highest BCUT2D eigenvalue weighted by Crippen LogP contribution is 2.31. The van der Waals surface area contributed by atoms with E-state index < -0.39 is 0 Å². The first-order chi connectivity index (χ1) is 10.7. The minimum absolute atomic E-state index is 0.0909. The fraction of sp³-hybridized carbons (Fsp3) is 0.533. The van der Waals surface area contributed by atoms with Crippen LogP contribution in [0.3, 0.4) is 0 Å². The second-order valence-electron chi connectivity index (χ2n) is 5.63. The van der Waals surface area contributed by atoms with E-state index >= 15 is 0 Å². The Morgan fingerprint density at radius 2 is 2.32 bits per heavy atom. The molecule has 0 amide bonds. The molecule has 0 radical (unpaired) electrons. The summed E-state index contributed by atoms with van der Waals surface area (Å²) in [5.74, 6) is 0.693. The molecule has 1 fully saturated rings. The van der Waals surface area contributed by atoms with Crippen LogP contribution in [0.4, 0.5) is 5.82 Å². The zero-order chi connectivity index (χ0) is 15.5. The van der Waals surface area contributed by atoms with Crippen LogP contribution in [-0.4, -0.2) is 32.7 Å². The van der Waals surface area contributed by atoms with E-state index in [1.165, 1.54) is 11.9 Å². The van der Waals surface area contributed by atoms with E-state index in [4.69, 9.17) is 16.3 Å². The highest BCUT2D eigenvalue weighted by molar-refractivity contribution is 6.29. The molecule has 7 heteroatoms. The largest absolute Gasteiger partial charge is 0.365 e. The van der Waals surface area contributed by atoms with Crippen LogP contribution in [0, 0.1) is 0 Å². The third-order valence-corrected chi connectivity index (χ3v) is 3.92. The number of hydrogen-bond acceptors (Lipinski definition) is 5. The first-order valence-corrected chi connectivity index (χ1v) is 7.92. The lowest BCUT2D eigenvalue weighted by atomic mass is 10.2. The van der Waals surface area contributed by atoms with Gasteiger partial charge in [0.15, 0.2) is 17.0 Å². The predicted molar refractivity (Wildman–Crippen MR) is 87.1 cm³/mol. The van der Waals surface area contributed by atoms with Crippen LogP contribution in [0.15, 0.2) is 18.0 Å². The van der Waals surface area contributed by atoms with E-state index in [-0.39, 0.29) is 6.23 Å². The van der Waals surface area contributed by atoms with Gasteiger partial charge in [0.2, 0.25) is 5.28 Å². The smallest absolute Gasteiger partial charge is 0.207 e. The summed E-state index contributed by atoms with van der Waals surface area (Å²) < 4.78 is 7.68. The molecule has 0 saturated carbocycles. The molecule has 1 aliphatic rings. The van der Waals surface area contributed by atoms with Crippen LogP contribution in [0.5, 0.6) is 0 Å². The third kappa shape index (κ3) is 3.08. The standard InChI is InChI=1S/C15H20ClN5O/c1-10(2)6-7-17-13-12-14(19-9-18-13)21(15(16)20-12)11-5-3-4-8-22-11/h6,9,11H,3-5,7-8H2,1-2H3,(H,17,18,19). The molecular formula is C15H20ClN5O. The molecule has 0 bridgehead atoms. The van der Waals surface area contributed by atoms with Gasteiger partial charge in [-0.05, 0) is 44.7 Å². The fourth-order valence-electron chi connectivity index (χ4n) is 2.55. The number of rotatable bonds is 4. The number of nitrogens with zero attached hydrogens (tertiary/aromatic N) is 4. The maximum atomic E-state index is 6.32. The van der Waals surface area contributed by atoms with Crippen LogP contribution in [0.1, 0.15) is 39.3 Å². The van der Waals surface area contributed by atoms with Gasteiger partial charge in [-0.1, -0.05) is 11.6 Å². The molecule has 6 nitrogen and oxygen atoms in total. The lowest BCUT2D eigenvalue weighted by molar-refractivity contribution is -0.0296. The molecule has 2 aromatic heterocycles. The molecule has 3 rings (SSSR count). The highest BCUT2D eigenvalue weighted by atomic mass is 35.5. The molecule has 1 atom stereocenters. The van der Waals surface area contributed by atoms with Gasteiger partial charge in [0.05, 0.1) is 0 Å². The number of nitrogens with one attached hydrogen (secondary N) is 1. The van der Waals surface area contributed by atoms with Crippen molar-refractivity contribution in [3.05, 3.63) is 23.3 Å². The van der Waals surface area contributed by atoms with E-state index in [9.17, 15) is 0 Å². The Labute approximate surface area is 134 Å².